The van der Waals surface area contributed by atoms with Crippen molar-refractivity contribution in [2.75, 3.05) is 11.9 Å². The van der Waals surface area contributed by atoms with Crippen LogP contribution in [0.25, 0.3) is 21.3 Å². The highest BCUT2D eigenvalue weighted by Gasteiger charge is 2.37. The van der Waals surface area contributed by atoms with Gasteiger partial charge in [-0.05, 0) is 33.6 Å². The van der Waals surface area contributed by atoms with Crippen molar-refractivity contribution in [2.24, 2.45) is 0 Å². The van der Waals surface area contributed by atoms with E-state index in [0.717, 1.165) is 22.0 Å². The van der Waals surface area contributed by atoms with Gasteiger partial charge in [0.25, 0.3) is 0 Å². The van der Waals surface area contributed by atoms with E-state index in [9.17, 15) is 9.59 Å². The van der Waals surface area contributed by atoms with Crippen molar-refractivity contribution in [2.45, 2.75) is 45.3 Å². The molecule has 1 fully saturated rings. The number of thiazole rings is 2. The van der Waals surface area contributed by atoms with Crippen LogP contribution < -0.4 is 5.32 Å². The van der Waals surface area contributed by atoms with E-state index in [4.69, 9.17) is 9.72 Å². The molecule has 2 amide bonds. The van der Waals surface area contributed by atoms with E-state index in [0.29, 0.717) is 23.7 Å². The molecule has 3 heterocycles. The molecule has 2 aromatic heterocycles. The Bertz CT molecular complexity index is 1060. The zero-order chi connectivity index (χ0) is 22.0. The lowest BCUT2D eigenvalue weighted by atomic mass is 10.1. The number of amides is 2. The number of benzene rings is 1. The predicted molar refractivity (Wildman–Crippen MR) is 123 cm³/mol. The highest BCUT2D eigenvalue weighted by Crippen LogP contribution is 2.39. The van der Waals surface area contributed by atoms with Crippen LogP contribution in [0.3, 0.4) is 0 Å². The standard InChI is InChI=1S/C22H24N4O3S2/c1-22(2,3)29-21(28)26-12-7-10-15(26)17(27)25-18-16(14-8-5-4-6-9-14)24-20(31-18)19-23-11-13-30-19/h4-6,8-9,11,13,15H,7,10,12H2,1-3H3,(H,25,27)/t15-/m0/s1. The number of carbonyl (C=O) groups excluding carboxylic acids is 2. The minimum atomic E-state index is -0.610. The van der Waals surface area contributed by atoms with E-state index in [1.165, 1.54) is 27.6 Å². The topological polar surface area (TPSA) is 84.4 Å². The minimum Gasteiger partial charge on any atom is -0.444 e. The number of rotatable bonds is 4. The molecule has 1 N–H and O–H groups in total. The second-order valence-corrected chi connectivity index (χ2v) is 10.1. The summed E-state index contributed by atoms with van der Waals surface area (Å²) in [6.45, 7) is 5.96. The molecule has 0 radical (unpaired) electrons. The average molecular weight is 457 g/mol. The molecule has 1 aliphatic rings. The lowest BCUT2D eigenvalue weighted by Crippen LogP contribution is -2.45. The number of anilines is 1. The second kappa shape index (κ2) is 8.76. The van der Waals surface area contributed by atoms with Gasteiger partial charge in [-0.15, -0.1) is 11.3 Å². The maximum atomic E-state index is 13.2. The summed E-state index contributed by atoms with van der Waals surface area (Å²) >= 11 is 2.89. The third kappa shape index (κ3) is 4.94. The minimum absolute atomic E-state index is 0.227. The molecule has 0 bridgehead atoms. The lowest BCUT2D eigenvalue weighted by Gasteiger charge is -2.27. The fourth-order valence-corrected chi connectivity index (χ4v) is 5.06. The number of carbonyl (C=O) groups is 2. The molecule has 1 saturated heterocycles. The number of nitrogens with one attached hydrogen (secondary N) is 1. The first-order valence-electron chi connectivity index (χ1n) is 10.1. The summed E-state index contributed by atoms with van der Waals surface area (Å²) in [5.74, 6) is -0.227. The molecule has 0 aliphatic carbocycles. The van der Waals surface area contributed by atoms with Crippen LogP contribution in [0.2, 0.25) is 0 Å². The molecule has 31 heavy (non-hydrogen) atoms. The molecule has 162 valence electrons. The summed E-state index contributed by atoms with van der Waals surface area (Å²) in [6.07, 6.45) is 2.64. The fraction of sp³-hybridized carbons (Fsp3) is 0.364. The van der Waals surface area contributed by atoms with Crippen molar-refractivity contribution in [3.05, 3.63) is 41.9 Å². The van der Waals surface area contributed by atoms with Crippen molar-refractivity contribution < 1.29 is 14.3 Å². The largest absolute Gasteiger partial charge is 0.444 e. The van der Waals surface area contributed by atoms with Crippen LogP contribution in [0.15, 0.2) is 41.9 Å². The molecular weight excluding hydrogens is 432 g/mol. The van der Waals surface area contributed by atoms with Crippen LogP contribution in [0.5, 0.6) is 0 Å². The van der Waals surface area contributed by atoms with Gasteiger partial charge in [0.05, 0.1) is 0 Å². The molecule has 1 aromatic carbocycles. The van der Waals surface area contributed by atoms with Crippen LogP contribution in [0.4, 0.5) is 9.80 Å². The highest BCUT2D eigenvalue weighted by molar-refractivity contribution is 7.23. The Labute approximate surface area is 189 Å². The van der Waals surface area contributed by atoms with Gasteiger partial charge in [0.15, 0.2) is 10.0 Å². The summed E-state index contributed by atoms with van der Waals surface area (Å²) < 4.78 is 5.49. The van der Waals surface area contributed by atoms with Crippen molar-refractivity contribution >= 4 is 39.7 Å². The zero-order valence-electron chi connectivity index (χ0n) is 17.6. The molecule has 0 unspecified atom stereocenters. The van der Waals surface area contributed by atoms with E-state index in [1.54, 1.807) is 6.20 Å². The zero-order valence-corrected chi connectivity index (χ0v) is 19.3. The van der Waals surface area contributed by atoms with Crippen LogP contribution >= 0.6 is 22.7 Å². The normalized spacial score (nSPS) is 16.4. The Morgan fingerprint density at radius 1 is 1.19 bits per heavy atom. The summed E-state index contributed by atoms with van der Waals surface area (Å²) in [4.78, 5) is 36.4. The van der Waals surface area contributed by atoms with Gasteiger partial charge in [0.1, 0.15) is 22.3 Å². The molecule has 7 nitrogen and oxygen atoms in total. The molecule has 0 saturated carbocycles. The van der Waals surface area contributed by atoms with Crippen molar-refractivity contribution in [1.82, 2.24) is 14.9 Å². The van der Waals surface area contributed by atoms with Crippen molar-refractivity contribution in [3.8, 4) is 21.3 Å². The number of ether oxygens (including phenoxy) is 1. The van der Waals surface area contributed by atoms with Crippen LogP contribution in [0, 0.1) is 0 Å². The Balaban J connectivity index is 1.59. The van der Waals surface area contributed by atoms with Gasteiger partial charge in [-0.3, -0.25) is 9.69 Å². The fourth-order valence-electron chi connectivity index (χ4n) is 3.39. The molecule has 4 rings (SSSR count). The van der Waals surface area contributed by atoms with E-state index >= 15 is 0 Å². The Morgan fingerprint density at radius 2 is 1.97 bits per heavy atom. The van der Waals surface area contributed by atoms with Crippen molar-refractivity contribution in [3.63, 3.8) is 0 Å². The number of likely N-dealkylation sites (tertiary alicyclic amines) is 1. The summed E-state index contributed by atoms with van der Waals surface area (Å²) in [5, 5.41) is 7.13. The van der Waals surface area contributed by atoms with Gasteiger partial charge in [-0.25, -0.2) is 14.8 Å². The maximum absolute atomic E-state index is 13.2. The van der Waals surface area contributed by atoms with Crippen LogP contribution in [-0.2, 0) is 9.53 Å². The average Bonchev–Trinajstić information content (AvgIpc) is 3.47. The van der Waals surface area contributed by atoms with E-state index < -0.39 is 17.7 Å². The monoisotopic (exact) mass is 456 g/mol. The van der Waals surface area contributed by atoms with Gasteiger partial charge >= 0.3 is 6.09 Å². The SMILES string of the molecule is CC(C)(C)OC(=O)N1CCC[C@H]1C(=O)Nc1sc(-c2nccs2)nc1-c1ccccc1. The lowest BCUT2D eigenvalue weighted by molar-refractivity contribution is -0.120. The van der Waals surface area contributed by atoms with Gasteiger partial charge in [0, 0.05) is 23.7 Å². The van der Waals surface area contributed by atoms with Gasteiger partial charge in [-0.2, -0.15) is 0 Å². The quantitative estimate of drug-likeness (QED) is 0.578. The maximum Gasteiger partial charge on any atom is 0.410 e. The molecule has 3 aromatic rings. The van der Waals surface area contributed by atoms with Gasteiger partial charge in [0.2, 0.25) is 5.91 Å². The number of hydrogen-bond donors (Lipinski definition) is 1. The third-order valence-corrected chi connectivity index (χ3v) is 6.60. The highest BCUT2D eigenvalue weighted by atomic mass is 32.1. The Hall–Kier alpha value is -2.78. The molecule has 1 atom stereocenters. The van der Waals surface area contributed by atoms with Crippen LogP contribution in [-0.4, -0.2) is 45.1 Å². The van der Waals surface area contributed by atoms with Crippen molar-refractivity contribution in [1.29, 1.82) is 0 Å². The molecule has 0 spiro atoms. The van der Waals surface area contributed by atoms with Gasteiger partial charge in [-0.1, -0.05) is 41.7 Å². The summed E-state index contributed by atoms with van der Waals surface area (Å²) in [5.41, 5.74) is 1.000. The van der Waals surface area contributed by atoms with Crippen LogP contribution in [0.1, 0.15) is 33.6 Å². The summed E-state index contributed by atoms with van der Waals surface area (Å²) in [7, 11) is 0. The molecule has 1 aliphatic heterocycles. The van der Waals surface area contributed by atoms with E-state index in [-0.39, 0.29) is 5.91 Å². The first kappa shape index (κ1) is 21.5. The molecule has 9 heteroatoms. The first-order valence-corrected chi connectivity index (χ1v) is 11.8. The number of hydrogen-bond acceptors (Lipinski definition) is 7. The Kier molecular flexibility index (Phi) is 6.06. The smallest absolute Gasteiger partial charge is 0.410 e. The predicted octanol–water partition coefficient (Wildman–Crippen LogP) is 5.27. The number of aromatic nitrogens is 2. The second-order valence-electron chi connectivity index (χ2n) is 8.22. The summed E-state index contributed by atoms with van der Waals surface area (Å²) in [6, 6.07) is 9.16. The Morgan fingerprint density at radius 3 is 2.65 bits per heavy atom. The number of nitrogens with zero attached hydrogens (tertiary/aromatic N) is 3. The van der Waals surface area contributed by atoms with E-state index in [2.05, 4.69) is 10.3 Å². The van der Waals surface area contributed by atoms with Gasteiger partial charge < -0.3 is 10.1 Å². The van der Waals surface area contributed by atoms with E-state index in [1.807, 2.05) is 56.5 Å². The molecular formula is C22H24N4O3S2. The third-order valence-electron chi connectivity index (χ3n) is 4.71. The first-order chi connectivity index (χ1) is 14.8.